The fourth-order valence-corrected chi connectivity index (χ4v) is 3.89. The second-order valence-corrected chi connectivity index (χ2v) is 7.50. The van der Waals surface area contributed by atoms with Gasteiger partial charge in [-0.25, -0.2) is 9.69 Å². The summed E-state index contributed by atoms with van der Waals surface area (Å²) in [6.07, 6.45) is -0.876. The van der Waals surface area contributed by atoms with Crippen LogP contribution in [0.5, 0.6) is 11.5 Å². The zero-order valence-corrected chi connectivity index (χ0v) is 17.1. The van der Waals surface area contributed by atoms with Gasteiger partial charge in [-0.15, -0.1) is 0 Å². The Balaban J connectivity index is 1.77. The van der Waals surface area contributed by atoms with E-state index in [1.165, 1.54) is 0 Å². The average Bonchev–Trinajstić information content (AvgIpc) is 3.04. The number of carbonyl (C=O) groups excluding carboxylic acids is 3. The highest BCUT2D eigenvalue weighted by atomic mass is 16.6. The van der Waals surface area contributed by atoms with E-state index in [1.54, 1.807) is 98.8 Å². The van der Waals surface area contributed by atoms with Gasteiger partial charge in [-0.05, 0) is 36.2 Å². The van der Waals surface area contributed by atoms with Gasteiger partial charge >= 0.3 is 12.1 Å². The van der Waals surface area contributed by atoms with Crippen molar-refractivity contribution in [3.05, 3.63) is 90.5 Å². The van der Waals surface area contributed by atoms with E-state index in [4.69, 9.17) is 9.47 Å². The highest BCUT2D eigenvalue weighted by Gasteiger charge is 2.61. The van der Waals surface area contributed by atoms with Gasteiger partial charge in [0.1, 0.15) is 11.5 Å². The molecule has 2 amide bonds. The minimum absolute atomic E-state index is 0.298. The second kappa shape index (κ2) is 8.07. The SMILES string of the molecule is CC(C)C1(C(=O)Oc2ccccc2)C(=O)N(C(=O)Oc2ccccc2)c2ccccc21. The summed E-state index contributed by atoms with van der Waals surface area (Å²) in [4.78, 5) is 41.1. The second-order valence-electron chi connectivity index (χ2n) is 7.50. The van der Waals surface area contributed by atoms with Crippen LogP contribution in [0.4, 0.5) is 10.5 Å². The van der Waals surface area contributed by atoms with Crippen LogP contribution in [-0.2, 0) is 15.0 Å². The lowest BCUT2D eigenvalue weighted by atomic mass is 9.72. The standard InChI is InChI=1S/C25H21NO5/c1-17(2)25(23(28)30-18-11-5-3-6-12-18)20-15-9-10-16-21(20)26(22(25)27)24(29)31-19-13-7-4-8-14-19/h3-17H,1-2H3. The molecule has 3 aromatic carbocycles. The number of fused-ring (bicyclic) bond motifs is 1. The number of esters is 1. The summed E-state index contributed by atoms with van der Waals surface area (Å²) in [7, 11) is 0. The Morgan fingerprint density at radius 3 is 1.87 bits per heavy atom. The Hall–Kier alpha value is -3.93. The van der Waals surface area contributed by atoms with E-state index in [9.17, 15) is 14.4 Å². The largest absolute Gasteiger partial charge is 0.426 e. The molecular weight excluding hydrogens is 394 g/mol. The van der Waals surface area contributed by atoms with E-state index in [0.29, 0.717) is 22.7 Å². The topological polar surface area (TPSA) is 72.9 Å². The van der Waals surface area contributed by atoms with Crippen molar-refractivity contribution in [2.75, 3.05) is 4.90 Å². The van der Waals surface area contributed by atoms with E-state index in [0.717, 1.165) is 4.90 Å². The molecule has 4 rings (SSSR count). The molecule has 0 radical (unpaired) electrons. The van der Waals surface area contributed by atoms with Crippen LogP contribution in [0.1, 0.15) is 19.4 Å². The number of nitrogens with zero attached hydrogens (tertiary/aromatic N) is 1. The lowest BCUT2D eigenvalue weighted by Gasteiger charge is -2.29. The third-order valence-electron chi connectivity index (χ3n) is 5.38. The first-order valence-electron chi connectivity index (χ1n) is 9.94. The molecule has 6 nitrogen and oxygen atoms in total. The minimum Gasteiger partial charge on any atom is -0.425 e. The van der Waals surface area contributed by atoms with Crippen LogP contribution in [0.25, 0.3) is 0 Å². The van der Waals surface area contributed by atoms with Crippen LogP contribution in [-0.4, -0.2) is 18.0 Å². The smallest absolute Gasteiger partial charge is 0.425 e. The molecular formula is C25H21NO5. The Morgan fingerprint density at radius 1 is 0.774 bits per heavy atom. The van der Waals surface area contributed by atoms with Gasteiger partial charge in [-0.2, -0.15) is 0 Å². The van der Waals surface area contributed by atoms with Crippen LogP contribution in [0, 0.1) is 5.92 Å². The van der Waals surface area contributed by atoms with Gasteiger partial charge in [0.05, 0.1) is 5.69 Å². The molecule has 0 aromatic heterocycles. The Bertz CT molecular complexity index is 1130. The van der Waals surface area contributed by atoms with Crippen molar-refractivity contribution < 1.29 is 23.9 Å². The van der Waals surface area contributed by atoms with Crippen molar-refractivity contribution in [3.63, 3.8) is 0 Å². The fraction of sp³-hybridized carbons (Fsp3) is 0.160. The number of para-hydroxylation sites is 3. The Morgan fingerprint density at radius 2 is 1.29 bits per heavy atom. The van der Waals surface area contributed by atoms with E-state index in [-0.39, 0.29) is 0 Å². The zero-order valence-electron chi connectivity index (χ0n) is 17.1. The first kappa shape index (κ1) is 20.3. The molecule has 3 aromatic rings. The predicted molar refractivity (Wildman–Crippen MR) is 115 cm³/mol. The van der Waals surface area contributed by atoms with Gasteiger partial charge in [0.15, 0.2) is 5.41 Å². The fourth-order valence-electron chi connectivity index (χ4n) is 3.89. The summed E-state index contributed by atoms with van der Waals surface area (Å²) >= 11 is 0. The van der Waals surface area contributed by atoms with Crippen molar-refractivity contribution in [1.29, 1.82) is 0 Å². The van der Waals surface area contributed by atoms with E-state index in [2.05, 4.69) is 0 Å². The molecule has 0 bridgehead atoms. The van der Waals surface area contributed by atoms with Crippen LogP contribution >= 0.6 is 0 Å². The maximum Gasteiger partial charge on any atom is 0.426 e. The summed E-state index contributed by atoms with van der Waals surface area (Å²) in [5.74, 6) is -1.28. The Kier molecular flexibility index (Phi) is 5.29. The molecule has 0 fully saturated rings. The van der Waals surface area contributed by atoms with E-state index >= 15 is 0 Å². The molecule has 0 aliphatic carbocycles. The Labute approximate surface area is 180 Å². The highest BCUT2D eigenvalue weighted by Crippen LogP contribution is 2.47. The average molecular weight is 415 g/mol. The summed E-state index contributed by atoms with van der Waals surface area (Å²) in [6, 6.07) is 23.7. The van der Waals surface area contributed by atoms with Crippen molar-refractivity contribution in [3.8, 4) is 11.5 Å². The molecule has 0 saturated carbocycles. The number of rotatable bonds is 4. The zero-order chi connectivity index (χ0) is 22.0. The van der Waals surface area contributed by atoms with Crippen LogP contribution in [0.15, 0.2) is 84.9 Å². The molecule has 6 heteroatoms. The molecule has 0 spiro atoms. The number of carbonyl (C=O) groups is 3. The number of anilines is 1. The lowest BCUT2D eigenvalue weighted by molar-refractivity contribution is -0.148. The predicted octanol–water partition coefficient (Wildman–Crippen LogP) is 4.73. The minimum atomic E-state index is -1.68. The quantitative estimate of drug-likeness (QED) is 0.350. The van der Waals surface area contributed by atoms with Crippen LogP contribution < -0.4 is 14.4 Å². The van der Waals surface area contributed by atoms with Gasteiger partial charge < -0.3 is 9.47 Å². The number of hydrogen-bond donors (Lipinski definition) is 0. The van der Waals surface area contributed by atoms with Crippen molar-refractivity contribution in [2.45, 2.75) is 19.3 Å². The van der Waals surface area contributed by atoms with E-state index in [1.807, 2.05) is 0 Å². The molecule has 1 aliphatic heterocycles. The van der Waals surface area contributed by atoms with Crippen molar-refractivity contribution >= 4 is 23.7 Å². The molecule has 0 saturated heterocycles. The molecule has 0 N–H and O–H groups in total. The summed E-state index contributed by atoms with van der Waals surface area (Å²) in [6.45, 7) is 3.51. The summed E-state index contributed by atoms with van der Waals surface area (Å²) in [5.41, 5.74) is -0.949. The number of hydrogen-bond acceptors (Lipinski definition) is 5. The van der Waals surface area contributed by atoms with Gasteiger partial charge in [0.25, 0.3) is 5.91 Å². The number of imide groups is 1. The first-order chi connectivity index (χ1) is 15.0. The van der Waals surface area contributed by atoms with Gasteiger partial charge in [0.2, 0.25) is 0 Å². The number of amides is 2. The normalized spacial score (nSPS) is 17.4. The maximum atomic E-state index is 13.7. The van der Waals surface area contributed by atoms with Gasteiger partial charge in [-0.3, -0.25) is 9.59 Å². The van der Waals surface area contributed by atoms with Crippen molar-refractivity contribution in [1.82, 2.24) is 0 Å². The molecule has 31 heavy (non-hydrogen) atoms. The summed E-state index contributed by atoms with van der Waals surface area (Å²) in [5, 5.41) is 0. The third kappa shape index (κ3) is 3.36. The molecule has 1 aliphatic rings. The molecule has 1 unspecified atom stereocenters. The number of benzene rings is 3. The van der Waals surface area contributed by atoms with E-state index < -0.39 is 29.3 Å². The lowest BCUT2D eigenvalue weighted by Crippen LogP contribution is -2.53. The molecule has 156 valence electrons. The third-order valence-corrected chi connectivity index (χ3v) is 5.38. The molecule has 1 atom stereocenters. The van der Waals surface area contributed by atoms with Gasteiger partial charge in [0, 0.05) is 5.56 Å². The van der Waals surface area contributed by atoms with Crippen molar-refractivity contribution in [2.24, 2.45) is 5.92 Å². The highest BCUT2D eigenvalue weighted by molar-refractivity contribution is 6.29. The van der Waals surface area contributed by atoms with Crippen LogP contribution in [0.3, 0.4) is 0 Å². The van der Waals surface area contributed by atoms with Crippen LogP contribution in [0.2, 0.25) is 0 Å². The maximum absolute atomic E-state index is 13.7. The monoisotopic (exact) mass is 415 g/mol. The van der Waals surface area contributed by atoms with Gasteiger partial charge in [-0.1, -0.05) is 68.4 Å². The number of ether oxygens (including phenoxy) is 2. The molecule has 1 heterocycles. The first-order valence-corrected chi connectivity index (χ1v) is 9.94. The summed E-state index contributed by atoms with van der Waals surface area (Å²) < 4.78 is 11.0.